The Hall–Kier alpha value is -0.330. The van der Waals surface area contributed by atoms with Gasteiger partial charge in [0.15, 0.2) is 0 Å². The third-order valence-corrected chi connectivity index (χ3v) is 6.85. The third-order valence-electron chi connectivity index (χ3n) is 6.85. The molecule has 4 rings (SSSR count). The maximum absolute atomic E-state index is 7.45. The average molecular weight is 231 g/mol. The summed E-state index contributed by atoms with van der Waals surface area (Å²) in [6.07, 6.45) is 12.1. The summed E-state index contributed by atoms with van der Waals surface area (Å²) in [5.41, 5.74) is 0.777. The van der Waals surface area contributed by atoms with Gasteiger partial charge < -0.3 is 5.41 Å². The molecule has 94 valence electrons. The largest absolute Gasteiger partial charge is 0.313 e. The van der Waals surface area contributed by atoms with Gasteiger partial charge in [-0.1, -0.05) is 6.92 Å². The van der Waals surface area contributed by atoms with Crippen LogP contribution < -0.4 is 0 Å². The van der Waals surface area contributed by atoms with E-state index in [1.807, 2.05) is 0 Å². The van der Waals surface area contributed by atoms with Crippen LogP contribution in [0.3, 0.4) is 0 Å². The van der Waals surface area contributed by atoms with Crippen LogP contribution in [0.2, 0.25) is 0 Å². The lowest BCUT2D eigenvalue weighted by atomic mass is 9.68. The molecule has 0 radical (unpaired) electrons. The van der Waals surface area contributed by atoms with Crippen molar-refractivity contribution in [1.29, 1.82) is 5.41 Å². The molecule has 1 spiro atoms. The van der Waals surface area contributed by atoms with Crippen molar-refractivity contribution in [3.8, 4) is 0 Å². The normalized spacial score (nSPS) is 60.1. The van der Waals surface area contributed by atoms with Gasteiger partial charge in [-0.15, -0.1) is 0 Å². The van der Waals surface area contributed by atoms with Gasteiger partial charge in [0, 0.05) is 0 Å². The Labute approximate surface area is 105 Å². The summed E-state index contributed by atoms with van der Waals surface area (Å²) in [6.45, 7) is 2.50. The molecule has 5 unspecified atom stereocenters. The molecule has 0 bridgehead atoms. The molecule has 17 heavy (non-hydrogen) atoms. The first-order valence-electron chi connectivity index (χ1n) is 7.73. The van der Waals surface area contributed by atoms with Crippen molar-refractivity contribution >= 4 is 6.21 Å². The van der Waals surface area contributed by atoms with Gasteiger partial charge in [0.05, 0.1) is 0 Å². The van der Waals surface area contributed by atoms with Crippen LogP contribution in [0.5, 0.6) is 0 Å². The molecule has 4 fully saturated rings. The minimum atomic E-state index is 0.645. The number of nitrogens with one attached hydrogen (secondary N) is 1. The lowest BCUT2D eigenvalue weighted by Gasteiger charge is -2.37. The molecule has 1 N–H and O–H groups in total. The van der Waals surface area contributed by atoms with Gasteiger partial charge in [0.2, 0.25) is 0 Å². The summed E-state index contributed by atoms with van der Waals surface area (Å²) in [7, 11) is 0. The molecule has 0 aromatic rings. The Morgan fingerprint density at radius 2 is 1.71 bits per heavy atom. The van der Waals surface area contributed by atoms with Crippen molar-refractivity contribution in [3.05, 3.63) is 0 Å². The van der Waals surface area contributed by atoms with E-state index in [0.29, 0.717) is 5.92 Å². The third kappa shape index (κ3) is 1.34. The van der Waals surface area contributed by atoms with Crippen molar-refractivity contribution in [2.45, 2.75) is 51.9 Å². The highest BCUT2D eigenvalue weighted by atomic mass is 14.7. The minimum Gasteiger partial charge on any atom is -0.313 e. The molecule has 1 nitrogen and oxygen atoms in total. The SMILES string of the molecule is CC1CC2CCC2CC2(C1)C1CC(C=N)CC12. The first-order valence-corrected chi connectivity index (χ1v) is 7.73. The van der Waals surface area contributed by atoms with E-state index in [1.54, 1.807) is 12.6 Å². The Balaban J connectivity index is 1.53. The Bertz CT molecular complexity index is 335. The summed E-state index contributed by atoms with van der Waals surface area (Å²) in [4.78, 5) is 0. The van der Waals surface area contributed by atoms with Gasteiger partial charge >= 0.3 is 0 Å². The number of hydrogen-bond acceptors (Lipinski definition) is 1. The number of rotatable bonds is 1. The molecule has 4 saturated carbocycles. The van der Waals surface area contributed by atoms with Crippen molar-refractivity contribution < 1.29 is 0 Å². The maximum Gasteiger partial charge on any atom is -0.00165 e. The second-order valence-electron chi connectivity index (χ2n) is 7.69. The van der Waals surface area contributed by atoms with E-state index < -0.39 is 0 Å². The lowest BCUT2D eigenvalue weighted by molar-refractivity contribution is 0.134. The zero-order valence-electron chi connectivity index (χ0n) is 11.0. The summed E-state index contributed by atoms with van der Waals surface area (Å²) in [5.74, 6) is 5.88. The van der Waals surface area contributed by atoms with Crippen LogP contribution in [-0.4, -0.2) is 6.21 Å². The topological polar surface area (TPSA) is 23.9 Å². The molecular weight excluding hydrogens is 206 g/mol. The van der Waals surface area contributed by atoms with Gasteiger partial charge in [-0.2, -0.15) is 0 Å². The van der Waals surface area contributed by atoms with E-state index in [9.17, 15) is 0 Å². The van der Waals surface area contributed by atoms with E-state index in [-0.39, 0.29) is 0 Å². The average Bonchev–Trinajstić information content (AvgIpc) is 2.72. The number of fused-ring (bicyclic) bond motifs is 4. The Morgan fingerprint density at radius 3 is 2.29 bits per heavy atom. The maximum atomic E-state index is 7.45. The zero-order valence-corrected chi connectivity index (χ0v) is 11.0. The molecule has 0 amide bonds. The van der Waals surface area contributed by atoms with E-state index >= 15 is 0 Å². The van der Waals surface area contributed by atoms with Crippen molar-refractivity contribution in [2.24, 2.45) is 40.9 Å². The second-order valence-corrected chi connectivity index (χ2v) is 7.69. The molecule has 0 heterocycles. The predicted molar refractivity (Wildman–Crippen MR) is 70.1 cm³/mol. The van der Waals surface area contributed by atoms with Crippen LogP contribution in [0, 0.1) is 46.3 Å². The fraction of sp³-hybridized carbons (Fsp3) is 0.938. The van der Waals surface area contributed by atoms with Crippen molar-refractivity contribution in [3.63, 3.8) is 0 Å². The molecular formula is C16H25N. The van der Waals surface area contributed by atoms with E-state index in [2.05, 4.69) is 6.92 Å². The van der Waals surface area contributed by atoms with Gasteiger partial charge in [0.1, 0.15) is 0 Å². The first kappa shape index (κ1) is 10.6. The Kier molecular flexibility index (Phi) is 2.09. The fourth-order valence-electron chi connectivity index (χ4n) is 6.00. The molecule has 4 aliphatic carbocycles. The highest BCUT2D eigenvalue weighted by Gasteiger charge is 2.68. The fourth-order valence-corrected chi connectivity index (χ4v) is 6.00. The summed E-state index contributed by atoms with van der Waals surface area (Å²) in [5, 5.41) is 7.45. The monoisotopic (exact) mass is 231 g/mol. The van der Waals surface area contributed by atoms with Crippen LogP contribution in [0.15, 0.2) is 0 Å². The highest BCUT2D eigenvalue weighted by Crippen LogP contribution is 2.75. The van der Waals surface area contributed by atoms with Gasteiger partial charge in [-0.05, 0) is 92.1 Å². The van der Waals surface area contributed by atoms with Crippen LogP contribution in [0.25, 0.3) is 0 Å². The molecule has 0 saturated heterocycles. The van der Waals surface area contributed by atoms with Crippen LogP contribution in [0.4, 0.5) is 0 Å². The van der Waals surface area contributed by atoms with Crippen LogP contribution >= 0.6 is 0 Å². The van der Waals surface area contributed by atoms with E-state index in [4.69, 9.17) is 5.41 Å². The standard InChI is InChI=1S/C16H25N/c1-10-4-12-2-3-13(12)8-16(7-10)14-5-11(9-17)6-15(14)16/h9-15,17H,2-8H2,1H3. The summed E-state index contributed by atoms with van der Waals surface area (Å²) < 4.78 is 0. The predicted octanol–water partition coefficient (Wildman–Crippen LogP) is 4.12. The van der Waals surface area contributed by atoms with E-state index in [0.717, 1.165) is 35.0 Å². The van der Waals surface area contributed by atoms with E-state index in [1.165, 1.54) is 38.5 Å². The van der Waals surface area contributed by atoms with Crippen molar-refractivity contribution in [2.75, 3.05) is 0 Å². The molecule has 0 aromatic carbocycles. The molecule has 4 aliphatic rings. The molecule has 1 heteroatoms. The second kappa shape index (κ2) is 3.36. The van der Waals surface area contributed by atoms with Gasteiger partial charge in [0.25, 0.3) is 0 Å². The van der Waals surface area contributed by atoms with Crippen molar-refractivity contribution in [1.82, 2.24) is 0 Å². The smallest absolute Gasteiger partial charge is 0.00165 e. The molecule has 0 aliphatic heterocycles. The zero-order chi connectivity index (χ0) is 11.6. The molecule has 0 aromatic heterocycles. The van der Waals surface area contributed by atoms with Gasteiger partial charge in [-0.3, -0.25) is 0 Å². The molecule has 5 atom stereocenters. The quantitative estimate of drug-likeness (QED) is 0.656. The minimum absolute atomic E-state index is 0.645. The number of hydrogen-bond donors (Lipinski definition) is 1. The first-order chi connectivity index (χ1) is 8.23. The highest BCUT2D eigenvalue weighted by molar-refractivity contribution is 5.58. The lowest BCUT2D eigenvalue weighted by Crippen LogP contribution is -2.27. The Morgan fingerprint density at radius 1 is 1.00 bits per heavy atom. The van der Waals surface area contributed by atoms with Gasteiger partial charge in [-0.25, -0.2) is 0 Å². The summed E-state index contributed by atoms with van der Waals surface area (Å²) >= 11 is 0. The van der Waals surface area contributed by atoms with Crippen LogP contribution in [0.1, 0.15) is 51.9 Å². The van der Waals surface area contributed by atoms with Crippen LogP contribution in [-0.2, 0) is 0 Å². The summed E-state index contributed by atoms with van der Waals surface area (Å²) in [6, 6.07) is 0.